The van der Waals surface area contributed by atoms with Crippen LogP contribution in [-0.2, 0) is 0 Å². The topological polar surface area (TPSA) is 3.24 Å². The van der Waals surface area contributed by atoms with Gasteiger partial charge in [0.15, 0.2) is 0 Å². The fourth-order valence-electron chi connectivity index (χ4n) is 2.03. The Hall–Kier alpha value is -1.50. The van der Waals surface area contributed by atoms with Crippen LogP contribution in [-0.4, -0.2) is 14.1 Å². The van der Waals surface area contributed by atoms with Gasteiger partial charge in [-0.15, -0.1) is 0 Å². The number of nitrogens with zero attached hydrogens (tertiary/aromatic N) is 1. The zero-order valence-electron chi connectivity index (χ0n) is 10.5. The SMILES string of the molecule is CC(C)c1ccc2c(N(C)C)cccc2c1. The molecule has 0 radical (unpaired) electrons. The summed E-state index contributed by atoms with van der Waals surface area (Å²) in [5, 5.41) is 2.66. The van der Waals surface area contributed by atoms with Gasteiger partial charge >= 0.3 is 0 Å². The summed E-state index contributed by atoms with van der Waals surface area (Å²) in [6, 6.07) is 13.3. The summed E-state index contributed by atoms with van der Waals surface area (Å²) in [6.07, 6.45) is 0. The summed E-state index contributed by atoms with van der Waals surface area (Å²) in [4.78, 5) is 2.16. The number of rotatable bonds is 2. The lowest BCUT2D eigenvalue weighted by Crippen LogP contribution is -2.08. The summed E-state index contributed by atoms with van der Waals surface area (Å²) >= 11 is 0. The molecule has 1 heteroatoms. The van der Waals surface area contributed by atoms with Crippen LogP contribution in [0.3, 0.4) is 0 Å². The predicted octanol–water partition coefficient (Wildman–Crippen LogP) is 4.03. The molecule has 16 heavy (non-hydrogen) atoms. The van der Waals surface area contributed by atoms with Gasteiger partial charge in [0.1, 0.15) is 0 Å². The van der Waals surface area contributed by atoms with Crippen molar-refractivity contribution in [1.82, 2.24) is 0 Å². The van der Waals surface area contributed by atoms with Crippen molar-refractivity contribution < 1.29 is 0 Å². The molecule has 2 aromatic rings. The Bertz CT molecular complexity index is 498. The van der Waals surface area contributed by atoms with E-state index in [1.807, 2.05) is 0 Å². The van der Waals surface area contributed by atoms with Crippen LogP contribution in [0.4, 0.5) is 5.69 Å². The van der Waals surface area contributed by atoms with Gasteiger partial charge in [-0.05, 0) is 22.9 Å². The van der Waals surface area contributed by atoms with Crippen molar-refractivity contribution in [3.63, 3.8) is 0 Å². The van der Waals surface area contributed by atoms with E-state index >= 15 is 0 Å². The second-order valence-corrected chi connectivity index (χ2v) is 4.81. The predicted molar refractivity (Wildman–Crippen MR) is 72.4 cm³/mol. The molecule has 0 N–H and O–H groups in total. The van der Waals surface area contributed by atoms with Gasteiger partial charge < -0.3 is 4.90 Å². The molecule has 0 aliphatic rings. The molecule has 84 valence electrons. The second-order valence-electron chi connectivity index (χ2n) is 4.81. The molecule has 2 rings (SSSR count). The van der Waals surface area contributed by atoms with E-state index in [1.165, 1.54) is 22.0 Å². The normalized spacial score (nSPS) is 11.1. The van der Waals surface area contributed by atoms with Gasteiger partial charge in [-0.25, -0.2) is 0 Å². The summed E-state index contributed by atoms with van der Waals surface area (Å²) in [7, 11) is 4.18. The highest BCUT2D eigenvalue weighted by Gasteiger charge is 2.04. The summed E-state index contributed by atoms with van der Waals surface area (Å²) in [5.74, 6) is 0.590. The minimum atomic E-state index is 0.590. The van der Waals surface area contributed by atoms with Gasteiger partial charge in [0, 0.05) is 25.2 Å². The molecule has 0 saturated carbocycles. The van der Waals surface area contributed by atoms with E-state index in [1.54, 1.807) is 0 Å². The first kappa shape index (κ1) is 11.0. The van der Waals surface area contributed by atoms with Gasteiger partial charge in [0.05, 0.1) is 0 Å². The Morgan fingerprint density at radius 2 is 1.75 bits per heavy atom. The summed E-state index contributed by atoms with van der Waals surface area (Å²) in [5.41, 5.74) is 2.69. The third-order valence-electron chi connectivity index (χ3n) is 3.03. The first-order valence-corrected chi connectivity index (χ1v) is 5.79. The van der Waals surface area contributed by atoms with Gasteiger partial charge in [-0.1, -0.05) is 44.2 Å². The van der Waals surface area contributed by atoms with Crippen LogP contribution in [0.15, 0.2) is 36.4 Å². The monoisotopic (exact) mass is 213 g/mol. The molecule has 0 amide bonds. The van der Waals surface area contributed by atoms with Crippen molar-refractivity contribution >= 4 is 16.5 Å². The first-order chi connectivity index (χ1) is 7.59. The standard InChI is InChI=1S/C15H19N/c1-11(2)12-8-9-14-13(10-12)6-5-7-15(14)16(3)4/h5-11H,1-4H3. The maximum Gasteiger partial charge on any atom is 0.0440 e. The molecule has 0 heterocycles. The molecule has 0 saturated heterocycles. The van der Waals surface area contributed by atoms with Crippen LogP contribution in [0.25, 0.3) is 10.8 Å². The molecule has 0 bridgehead atoms. The van der Waals surface area contributed by atoms with Crippen molar-refractivity contribution in [2.45, 2.75) is 19.8 Å². The van der Waals surface area contributed by atoms with Crippen LogP contribution in [0.1, 0.15) is 25.3 Å². The Balaban J connectivity index is 2.64. The molecular weight excluding hydrogens is 194 g/mol. The number of anilines is 1. The molecule has 2 aromatic carbocycles. The number of benzene rings is 2. The molecule has 0 aromatic heterocycles. The van der Waals surface area contributed by atoms with Gasteiger partial charge in [0.25, 0.3) is 0 Å². The van der Waals surface area contributed by atoms with E-state index in [0.29, 0.717) is 5.92 Å². The van der Waals surface area contributed by atoms with Gasteiger partial charge in [-0.2, -0.15) is 0 Å². The molecular formula is C15H19N. The number of hydrogen-bond acceptors (Lipinski definition) is 1. The van der Waals surface area contributed by atoms with Crippen molar-refractivity contribution in [3.8, 4) is 0 Å². The molecule has 0 aliphatic heterocycles. The van der Waals surface area contributed by atoms with Crippen molar-refractivity contribution in [1.29, 1.82) is 0 Å². The molecule has 0 atom stereocenters. The van der Waals surface area contributed by atoms with Crippen molar-refractivity contribution in [2.75, 3.05) is 19.0 Å². The smallest absolute Gasteiger partial charge is 0.0440 e. The molecule has 0 fully saturated rings. The number of fused-ring (bicyclic) bond motifs is 1. The lowest BCUT2D eigenvalue weighted by atomic mass is 9.98. The van der Waals surface area contributed by atoms with E-state index in [0.717, 1.165) is 0 Å². The Kier molecular flexibility index (Phi) is 2.86. The highest BCUT2D eigenvalue weighted by atomic mass is 15.1. The van der Waals surface area contributed by atoms with Gasteiger partial charge in [-0.3, -0.25) is 0 Å². The minimum Gasteiger partial charge on any atom is -0.377 e. The molecule has 0 unspecified atom stereocenters. The van der Waals surface area contributed by atoms with E-state index in [9.17, 15) is 0 Å². The van der Waals surface area contributed by atoms with Crippen LogP contribution in [0, 0.1) is 0 Å². The lowest BCUT2D eigenvalue weighted by Gasteiger charge is -2.16. The third-order valence-corrected chi connectivity index (χ3v) is 3.03. The van der Waals surface area contributed by atoms with Crippen LogP contribution >= 0.6 is 0 Å². The third kappa shape index (κ3) is 1.90. The summed E-state index contributed by atoms with van der Waals surface area (Å²) in [6.45, 7) is 4.47. The molecule has 0 spiro atoms. The Labute approximate surface area is 97.7 Å². The average molecular weight is 213 g/mol. The van der Waals surface area contributed by atoms with Crippen LogP contribution in [0.5, 0.6) is 0 Å². The zero-order valence-corrected chi connectivity index (χ0v) is 10.5. The van der Waals surface area contributed by atoms with Crippen LogP contribution in [0.2, 0.25) is 0 Å². The second kappa shape index (κ2) is 4.17. The van der Waals surface area contributed by atoms with E-state index < -0.39 is 0 Å². The average Bonchev–Trinajstić information content (AvgIpc) is 2.27. The van der Waals surface area contributed by atoms with Crippen LogP contribution < -0.4 is 4.90 Å². The van der Waals surface area contributed by atoms with E-state index in [4.69, 9.17) is 0 Å². The molecule has 0 aliphatic carbocycles. The fraction of sp³-hybridized carbons (Fsp3) is 0.333. The highest BCUT2D eigenvalue weighted by Crippen LogP contribution is 2.28. The minimum absolute atomic E-state index is 0.590. The zero-order chi connectivity index (χ0) is 11.7. The highest BCUT2D eigenvalue weighted by molar-refractivity contribution is 5.94. The largest absolute Gasteiger partial charge is 0.377 e. The maximum atomic E-state index is 2.30. The Morgan fingerprint density at radius 1 is 1.00 bits per heavy atom. The van der Waals surface area contributed by atoms with Gasteiger partial charge in [0.2, 0.25) is 0 Å². The summed E-state index contributed by atoms with van der Waals surface area (Å²) < 4.78 is 0. The van der Waals surface area contributed by atoms with Crippen molar-refractivity contribution in [2.24, 2.45) is 0 Å². The van der Waals surface area contributed by atoms with E-state index in [-0.39, 0.29) is 0 Å². The maximum absolute atomic E-state index is 2.30. The quantitative estimate of drug-likeness (QED) is 0.728. The fourth-order valence-corrected chi connectivity index (χ4v) is 2.03. The first-order valence-electron chi connectivity index (χ1n) is 5.79. The Morgan fingerprint density at radius 3 is 2.38 bits per heavy atom. The van der Waals surface area contributed by atoms with E-state index in [2.05, 4.69) is 69.2 Å². The number of hydrogen-bond donors (Lipinski definition) is 0. The van der Waals surface area contributed by atoms with Crippen molar-refractivity contribution in [3.05, 3.63) is 42.0 Å². The lowest BCUT2D eigenvalue weighted by molar-refractivity contribution is 0.869. The molecule has 1 nitrogen and oxygen atoms in total.